The van der Waals surface area contributed by atoms with E-state index in [1.807, 2.05) is 0 Å². The van der Waals surface area contributed by atoms with Crippen molar-refractivity contribution in [3.8, 4) is 11.5 Å². The van der Waals surface area contributed by atoms with E-state index in [1.165, 1.54) is 31.4 Å². The van der Waals surface area contributed by atoms with Crippen molar-refractivity contribution in [2.75, 3.05) is 7.11 Å². The van der Waals surface area contributed by atoms with Gasteiger partial charge >= 0.3 is 6.61 Å². The van der Waals surface area contributed by atoms with Crippen molar-refractivity contribution in [2.45, 2.75) is 27.0 Å². The second-order valence-corrected chi connectivity index (χ2v) is 5.06. The Labute approximate surface area is 143 Å². The van der Waals surface area contributed by atoms with Crippen LogP contribution in [0.1, 0.15) is 22.9 Å². The van der Waals surface area contributed by atoms with Crippen LogP contribution in [0.15, 0.2) is 28.7 Å². The van der Waals surface area contributed by atoms with Crippen LogP contribution in [-0.4, -0.2) is 24.6 Å². The topological polar surface area (TPSA) is 73.6 Å². The fourth-order valence-electron chi connectivity index (χ4n) is 2.04. The summed E-state index contributed by atoms with van der Waals surface area (Å²) in [6.07, 6.45) is 2.57. The fourth-order valence-corrected chi connectivity index (χ4v) is 2.04. The van der Waals surface area contributed by atoms with Crippen LogP contribution in [0.25, 0.3) is 6.08 Å². The standard InChI is InChI=1S/C17H18F2N2O4/c1-10-11(2)24-15(21-10)9-20-14(22)8-7-12-5-4-6-13(23-3)16(12)25-17(18)19/h4-8,17H,9H2,1-3H3,(H,20,22). The van der Waals surface area contributed by atoms with Gasteiger partial charge in [-0.15, -0.1) is 0 Å². The summed E-state index contributed by atoms with van der Waals surface area (Å²) in [7, 11) is 1.34. The van der Waals surface area contributed by atoms with E-state index in [-0.39, 0.29) is 23.6 Å². The summed E-state index contributed by atoms with van der Waals surface area (Å²) in [5.41, 5.74) is 1.04. The lowest BCUT2D eigenvalue weighted by molar-refractivity contribution is -0.116. The lowest BCUT2D eigenvalue weighted by atomic mass is 10.1. The maximum Gasteiger partial charge on any atom is 0.387 e. The lowest BCUT2D eigenvalue weighted by Crippen LogP contribution is -2.20. The Balaban J connectivity index is 2.06. The molecule has 0 aliphatic heterocycles. The molecule has 0 saturated heterocycles. The molecule has 0 spiro atoms. The molecular formula is C17H18F2N2O4. The zero-order chi connectivity index (χ0) is 18.4. The number of hydrogen-bond donors (Lipinski definition) is 1. The summed E-state index contributed by atoms with van der Waals surface area (Å²) in [4.78, 5) is 16.0. The van der Waals surface area contributed by atoms with Crippen LogP contribution in [0.3, 0.4) is 0 Å². The summed E-state index contributed by atoms with van der Waals surface area (Å²) < 4.78 is 39.9. The molecule has 0 aliphatic carbocycles. The number of amides is 1. The molecular weight excluding hydrogens is 334 g/mol. The molecule has 8 heteroatoms. The maximum atomic E-state index is 12.6. The van der Waals surface area contributed by atoms with Crippen molar-refractivity contribution in [1.82, 2.24) is 10.3 Å². The van der Waals surface area contributed by atoms with Crippen LogP contribution in [0.5, 0.6) is 11.5 Å². The van der Waals surface area contributed by atoms with Gasteiger partial charge in [0.2, 0.25) is 11.8 Å². The zero-order valence-corrected chi connectivity index (χ0v) is 14.0. The van der Waals surface area contributed by atoms with Gasteiger partial charge in [-0.3, -0.25) is 4.79 Å². The molecule has 25 heavy (non-hydrogen) atoms. The molecule has 1 heterocycles. The third-order valence-corrected chi connectivity index (χ3v) is 3.34. The number of para-hydroxylation sites is 1. The van der Waals surface area contributed by atoms with Gasteiger partial charge < -0.3 is 19.2 Å². The molecule has 0 fully saturated rings. The van der Waals surface area contributed by atoms with Gasteiger partial charge in [0.05, 0.1) is 19.3 Å². The third-order valence-electron chi connectivity index (χ3n) is 3.34. The number of carbonyl (C=O) groups is 1. The molecule has 1 aromatic carbocycles. The number of ether oxygens (including phenoxy) is 2. The van der Waals surface area contributed by atoms with Crippen LogP contribution in [0.4, 0.5) is 8.78 Å². The summed E-state index contributed by atoms with van der Waals surface area (Å²) in [5.74, 6) is 0.653. The minimum atomic E-state index is -3.01. The molecule has 134 valence electrons. The van der Waals surface area contributed by atoms with Crippen LogP contribution < -0.4 is 14.8 Å². The molecule has 0 unspecified atom stereocenters. The molecule has 2 aromatic rings. The van der Waals surface area contributed by atoms with E-state index in [0.717, 1.165) is 5.69 Å². The number of methoxy groups -OCH3 is 1. The van der Waals surface area contributed by atoms with Crippen LogP contribution in [0, 0.1) is 13.8 Å². The first kappa shape index (κ1) is 18.4. The Morgan fingerprint density at radius 3 is 2.76 bits per heavy atom. The number of hydrogen-bond acceptors (Lipinski definition) is 5. The van der Waals surface area contributed by atoms with Gasteiger partial charge in [-0.1, -0.05) is 12.1 Å². The summed E-state index contributed by atoms with van der Waals surface area (Å²) in [6, 6.07) is 4.63. The Morgan fingerprint density at radius 1 is 1.40 bits per heavy atom. The number of alkyl halides is 2. The number of carbonyl (C=O) groups excluding carboxylic acids is 1. The first-order chi connectivity index (χ1) is 11.9. The molecule has 0 aliphatic rings. The van der Waals surface area contributed by atoms with E-state index in [0.29, 0.717) is 11.7 Å². The minimum absolute atomic E-state index is 0.121. The number of oxazole rings is 1. The summed E-state index contributed by atoms with van der Waals surface area (Å²) in [5, 5.41) is 2.60. The van der Waals surface area contributed by atoms with Gasteiger partial charge in [0.15, 0.2) is 11.5 Å². The van der Waals surface area contributed by atoms with Crippen molar-refractivity contribution in [3.05, 3.63) is 47.2 Å². The molecule has 6 nitrogen and oxygen atoms in total. The van der Waals surface area contributed by atoms with E-state index in [1.54, 1.807) is 19.9 Å². The average molecular weight is 352 g/mol. The van der Waals surface area contributed by atoms with Gasteiger partial charge in [0, 0.05) is 11.6 Å². The molecule has 0 bridgehead atoms. The normalized spacial score (nSPS) is 11.1. The Bertz CT molecular complexity index is 753. The second kappa shape index (κ2) is 8.27. The van der Waals surface area contributed by atoms with Gasteiger partial charge in [-0.05, 0) is 26.0 Å². The van der Waals surface area contributed by atoms with E-state index in [9.17, 15) is 13.6 Å². The largest absolute Gasteiger partial charge is 0.493 e. The highest BCUT2D eigenvalue weighted by Gasteiger charge is 2.14. The maximum absolute atomic E-state index is 12.6. The van der Waals surface area contributed by atoms with Crippen molar-refractivity contribution < 1.29 is 27.5 Å². The second-order valence-electron chi connectivity index (χ2n) is 5.06. The van der Waals surface area contributed by atoms with Gasteiger partial charge in [0.25, 0.3) is 0 Å². The van der Waals surface area contributed by atoms with Crippen LogP contribution in [-0.2, 0) is 11.3 Å². The Hall–Kier alpha value is -2.90. The van der Waals surface area contributed by atoms with E-state index in [2.05, 4.69) is 15.0 Å². The lowest BCUT2D eigenvalue weighted by Gasteiger charge is -2.12. The Morgan fingerprint density at radius 2 is 2.16 bits per heavy atom. The molecule has 0 radical (unpaired) electrons. The van der Waals surface area contributed by atoms with Crippen molar-refractivity contribution in [3.63, 3.8) is 0 Å². The van der Waals surface area contributed by atoms with Crippen molar-refractivity contribution >= 4 is 12.0 Å². The highest BCUT2D eigenvalue weighted by Crippen LogP contribution is 2.33. The average Bonchev–Trinajstić information content (AvgIpc) is 2.89. The number of nitrogens with one attached hydrogen (secondary N) is 1. The zero-order valence-electron chi connectivity index (χ0n) is 14.0. The van der Waals surface area contributed by atoms with Gasteiger partial charge in [-0.2, -0.15) is 8.78 Å². The number of halogens is 2. The summed E-state index contributed by atoms with van der Waals surface area (Å²) in [6.45, 7) is 0.697. The highest BCUT2D eigenvalue weighted by atomic mass is 19.3. The Kier molecular flexibility index (Phi) is 6.10. The van der Waals surface area contributed by atoms with Crippen LogP contribution >= 0.6 is 0 Å². The first-order valence-corrected chi connectivity index (χ1v) is 7.41. The molecule has 2 rings (SSSR count). The van der Waals surface area contributed by atoms with Crippen molar-refractivity contribution in [1.29, 1.82) is 0 Å². The molecule has 0 atom stereocenters. The minimum Gasteiger partial charge on any atom is -0.493 e. The smallest absolute Gasteiger partial charge is 0.387 e. The van der Waals surface area contributed by atoms with Crippen LogP contribution in [0.2, 0.25) is 0 Å². The van der Waals surface area contributed by atoms with Crippen molar-refractivity contribution in [2.24, 2.45) is 0 Å². The molecule has 1 amide bonds. The van der Waals surface area contributed by atoms with E-state index < -0.39 is 12.5 Å². The SMILES string of the molecule is COc1cccc(C=CC(=O)NCc2nc(C)c(C)o2)c1OC(F)F. The molecule has 1 N–H and O–H groups in total. The fraction of sp³-hybridized carbons (Fsp3) is 0.294. The number of benzene rings is 1. The molecule has 0 saturated carbocycles. The number of aryl methyl sites for hydroxylation is 2. The van der Waals surface area contributed by atoms with E-state index >= 15 is 0 Å². The number of nitrogens with zero attached hydrogens (tertiary/aromatic N) is 1. The predicted octanol–water partition coefficient (Wildman–Crippen LogP) is 3.23. The monoisotopic (exact) mass is 352 g/mol. The predicted molar refractivity (Wildman–Crippen MR) is 86.5 cm³/mol. The van der Waals surface area contributed by atoms with Gasteiger partial charge in [0.1, 0.15) is 5.76 Å². The van der Waals surface area contributed by atoms with E-state index in [4.69, 9.17) is 9.15 Å². The first-order valence-electron chi connectivity index (χ1n) is 7.41. The van der Waals surface area contributed by atoms with Gasteiger partial charge in [-0.25, -0.2) is 4.98 Å². The molecule has 1 aromatic heterocycles. The summed E-state index contributed by atoms with van der Waals surface area (Å²) >= 11 is 0. The number of aromatic nitrogens is 1. The third kappa shape index (κ3) is 5.03. The number of rotatable bonds is 7. The highest BCUT2D eigenvalue weighted by molar-refractivity contribution is 5.92. The quantitative estimate of drug-likeness (QED) is 0.775.